The number of thioether (sulfide) groups is 1. The zero-order valence-corrected chi connectivity index (χ0v) is 13.7. The Kier molecular flexibility index (Phi) is 7.25. The maximum absolute atomic E-state index is 10.1. The number of rotatable bonds is 7. The number of allylic oxidation sites excluding steroid dienone is 1. The van der Waals surface area contributed by atoms with Gasteiger partial charge in [0.2, 0.25) is 0 Å². The summed E-state index contributed by atoms with van der Waals surface area (Å²) in [6.07, 6.45) is 4.08. The molecule has 1 aromatic rings. The van der Waals surface area contributed by atoms with Crippen LogP contribution in [0.15, 0.2) is 33.8 Å². The number of aryl methyl sites for hydroxylation is 1. The molecule has 0 atom stereocenters. The van der Waals surface area contributed by atoms with Crippen LogP contribution in [0.4, 0.5) is 0 Å². The molecule has 7 heteroatoms. The van der Waals surface area contributed by atoms with E-state index in [0.29, 0.717) is 11.4 Å². The van der Waals surface area contributed by atoms with Gasteiger partial charge in [-0.05, 0) is 31.7 Å². The van der Waals surface area contributed by atoms with Gasteiger partial charge in [0.15, 0.2) is 0 Å². The second-order valence-corrected chi connectivity index (χ2v) is 5.56. The smallest absolute Gasteiger partial charge is 0.294 e. The average Bonchev–Trinajstić information content (AvgIpc) is 2.42. The zero-order valence-electron chi connectivity index (χ0n) is 12.1. The van der Waals surface area contributed by atoms with Crippen LogP contribution in [-0.2, 0) is 4.84 Å². The minimum absolute atomic E-state index is 0.0289. The summed E-state index contributed by atoms with van der Waals surface area (Å²) in [6.45, 7) is 3.86. The monoisotopic (exact) mass is 328 g/mol. The van der Waals surface area contributed by atoms with Gasteiger partial charge in [0.05, 0.1) is 0 Å². The molecule has 5 nitrogen and oxygen atoms in total. The third kappa shape index (κ3) is 5.77. The number of hydrogen-bond acceptors (Lipinski definition) is 5. The Morgan fingerprint density at radius 3 is 2.86 bits per heavy atom. The fourth-order valence-electron chi connectivity index (χ4n) is 1.69. The molecule has 0 fully saturated rings. The molecule has 0 unspecified atom stereocenters. The van der Waals surface area contributed by atoms with Crippen molar-refractivity contribution in [3.05, 3.63) is 55.1 Å². The predicted molar refractivity (Wildman–Crippen MR) is 87.6 cm³/mol. The van der Waals surface area contributed by atoms with Crippen molar-refractivity contribution < 1.29 is 9.92 Å². The van der Waals surface area contributed by atoms with Crippen molar-refractivity contribution in [1.82, 2.24) is 0 Å². The maximum Gasteiger partial charge on any atom is 0.294 e. The van der Waals surface area contributed by atoms with Gasteiger partial charge in [-0.15, -0.1) is 21.9 Å². The van der Waals surface area contributed by atoms with Gasteiger partial charge in [0.25, 0.3) is 5.09 Å². The van der Waals surface area contributed by atoms with Gasteiger partial charge in [-0.1, -0.05) is 23.7 Å². The maximum atomic E-state index is 10.1. The number of benzene rings is 1. The van der Waals surface area contributed by atoms with Gasteiger partial charge in [-0.3, -0.25) is 4.99 Å². The molecule has 0 heterocycles. The molecule has 0 bridgehead atoms. The molecule has 0 amide bonds. The lowest BCUT2D eigenvalue weighted by Gasteiger charge is -2.06. The fourth-order valence-corrected chi connectivity index (χ4v) is 2.59. The standard InChI is InChI=1S/C14H17ClN2O3S/c1-10-5-4-6-13(15)12(10)9-16-11(2)14(21-3)7-8-20-17(18)19/h4-6,9H,7-8H2,1-3H3/b14-11-,16-9?. The van der Waals surface area contributed by atoms with Crippen LogP contribution in [0.5, 0.6) is 0 Å². The number of aliphatic imine (C=N–C) groups is 1. The topological polar surface area (TPSA) is 64.7 Å². The molecule has 0 radical (unpaired) electrons. The molecule has 0 N–H and O–H groups in total. The van der Waals surface area contributed by atoms with Gasteiger partial charge in [0.1, 0.15) is 6.61 Å². The van der Waals surface area contributed by atoms with E-state index in [-0.39, 0.29) is 6.61 Å². The van der Waals surface area contributed by atoms with Crippen molar-refractivity contribution in [1.29, 1.82) is 0 Å². The van der Waals surface area contributed by atoms with Crippen molar-refractivity contribution in [2.24, 2.45) is 4.99 Å². The van der Waals surface area contributed by atoms with Crippen molar-refractivity contribution >= 4 is 29.6 Å². The van der Waals surface area contributed by atoms with E-state index < -0.39 is 5.09 Å². The average molecular weight is 329 g/mol. The van der Waals surface area contributed by atoms with Gasteiger partial charge in [0, 0.05) is 33.8 Å². The molecule has 0 aliphatic carbocycles. The van der Waals surface area contributed by atoms with E-state index in [1.165, 1.54) is 11.8 Å². The van der Waals surface area contributed by atoms with E-state index in [1.807, 2.05) is 38.3 Å². The summed E-state index contributed by atoms with van der Waals surface area (Å²) in [7, 11) is 0. The molecule has 114 valence electrons. The summed E-state index contributed by atoms with van der Waals surface area (Å²) in [5.41, 5.74) is 2.72. The van der Waals surface area contributed by atoms with E-state index in [4.69, 9.17) is 11.6 Å². The lowest BCUT2D eigenvalue weighted by molar-refractivity contribution is -0.757. The highest BCUT2D eigenvalue weighted by Crippen LogP contribution is 2.23. The molecule has 0 aliphatic rings. The first kappa shape index (κ1) is 17.5. The van der Waals surface area contributed by atoms with E-state index >= 15 is 0 Å². The summed E-state index contributed by atoms with van der Waals surface area (Å²) in [5, 5.41) is 10.00. The van der Waals surface area contributed by atoms with Gasteiger partial charge < -0.3 is 4.84 Å². The van der Waals surface area contributed by atoms with Gasteiger partial charge in [-0.2, -0.15) is 0 Å². The number of halogens is 1. The van der Waals surface area contributed by atoms with Crippen LogP contribution in [0.2, 0.25) is 5.02 Å². The first-order valence-corrected chi connectivity index (χ1v) is 7.86. The Labute approximate surface area is 133 Å². The van der Waals surface area contributed by atoms with E-state index in [0.717, 1.165) is 21.7 Å². The van der Waals surface area contributed by atoms with Crippen molar-refractivity contribution in [2.75, 3.05) is 12.9 Å². The normalized spacial score (nSPS) is 12.4. The Morgan fingerprint density at radius 2 is 2.29 bits per heavy atom. The predicted octanol–water partition coefficient (Wildman–Crippen LogP) is 4.26. The van der Waals surface area contributed by atoms with Crippen LogP contribution in [0.3, 0.4) is 0 Å². The summed E-state index contributed by atoms with van der Waals surface area (Å²) in [6, 6.07) is 5.67. The van der Waals surface area contributed by atoms with Crippen LogP contribution >= 0.6 is 23.4 Å². The van der Waals surface area contributed by atoms with Crippen molar-refractivity contribution in [2.45, 2.75) is 20.3 Å². The lowest BCUT2D eigenvalue weighted by atomic mass is 10.1. The summed E-state index contributed by atoms with van der Waals surface area (Å²) >= 11 is 7.64. The molecule has 21 heavy (non-hydrogen) atoms. The molecular weight excluding hydrogens is 312 g/mol. The van der Waals surface area contributed by atoms with E-state index in [1.54, 1.807) is 6.21 Å². The second kappa shape index (κ2) is 8.69. The first-order valence-electron chi connectivity index (χ1n) is 6.26. The Hall–Kier alpha value is -1.53. The molecule has 0 aromatic heterocycles. The lowest BCUT2D eigenvalue weighted by Crippen LogP contribution is -2.02. The van der Waals surface area contributed by atoms with Crippen LogP contribution in [0.1, 0.15) is 24.5 Å². The van der Waals surface area contributed by atoms with Crippen LogP contribution in [0, 0.1) is 17.0 Å². The molecule has 1 rings (SSSR count). The molecule has 0 saturated carbocycles. The van der Waals surface area contributed by atoms with Crippen molar-refractivity contribution in [3.8, 4) is 0 Å². The Bertz CT molecular complexity index is 553. The first-order chi connectivity index (χ1) is 9.95. The Morgan fingerprint density at radius 1 is 1.57 bits per heavy atom. The third-order valence-electron chi connectivity index (χ3n) is 2.83. The molecule has 0 aliphatic heterocycles. The number of nitrogens with zero attached hydrogens (tertiary/aromatic N) is 2. The van der Waals surface area contributed by atoms with Gasteiger partial charge >= 0.3 is 0 Å². The van der Waals surface area contributed by atoms with Crippen molar-refractivity contribution in [3.63, 3.8) is 0 Å². The van der Waals surface area contributed by atoms with E-state index in [2.05, 4.69) is 9.83 Å². The molecule has 1 aromatic carbocycles. The molecule has 0 spiro atoms. The zero-order chi connectivity index (χ0) is 15.8. The quantitative estimate of drug-likeness (QED) is 0.426. The second-order valence-electron chi connectivity index (χ2n) is 4.25. The van der Waals surface area contributed by atoms with Crippen LogP contribution < -0.4 is 0 Å². The van der Waals surface area contributed by atoms with E-state index in [9.17, 15) is 10.1 Å². The minimum atomic E-state index is -0.788. The molecular formula is C14H17ClN2O3S. The summed E-state index contributed by atoms with van der Waals surface area (Å²) in [4.78, 5) is 19.8. The largest absolute Gasteiger partial charge is 0.314 e. The summed E-state index contributed by atoms with van der Waals surface area (Å²) < 4.78 is 0. The van der Waals surface area contributed by atoms with Crippen LogP contribution in [-0.4, -0.2) is 24.2 Å². The van der Waals surface area contributed by atoms with Crippen LogP contribution in [0.25, 0.3) is 0 Å². The Balaban J connectivity index is 2.84. The summed E-state index contributed by atoms with van der Waals surface area (Å²) in [5.74, 6) is 0. The fraction of sp³-hybridized carbons (Fsp3) is 0.357. The highest BCUT2D eigenvalue weighted by molar-refractivity contribution is 8.02. The van der Waals surface area contributed by atoms with Gasteiger partial charge in [-0.25, -0.2) is 0 Å². The third-order valence-corrected chi connectivity index (χ3v) is 4.16. The highest BCUT2D eigenvalue weighted by Gasteiger charge is 2.04. The minimum Gasteiger partial charge on any atom is -0.314 e. The molecule has 0 saturated heterocycles. The SMILES string of the molecule is CS/C(CCO[N+](=O)[O-])=C(/C)N=Cc1c(C)cccc1Cl. The number of hydrogen-bond donors (Lipinski definition) is 0. The highest BCUT2D eigenvalue weighted by atomic mass is 35.5.